The highest BCUT2D eigenvalue weighted by atomic mass is 35.5. The van der Waals surface area contributed by atoms with Gasteiger partial charge < -0.3 is 9.47 Å². The Morgan fingerprint density at radius 2 is 1.64 bits per heavy atom. The van der Waals surface area contributed by atoms with Crippen molar-refractivity contribution in [2.75, 3.05) is 7.11 Å². The van der Waals surface area contributed by atoms with Crippen molar-refractivity contribution in [3.8, 4) is 28.9 Å². The van der Waals surface area contributed by atoms with Crippen molar-refractivity contribution in [1.82, 2.24) is 24.5 Å². The van der Waals surface area contributed by atoms with Crippen LogP contribution in [0.15, 0.2) is 77.6 Å². The Bertz CT molecular complexity index is 1510. The lowest BCUT2D eigenvalue weighted by Gasteiger charge is -2.13. The molecule has 9 heteroatoms. The highest BCUT2D eigenvalue weighted by Crippen LogP contribution is 2.26. The second kappa shape index (κ2) is 8.40. The van der Waals surface area contributed by atoms with Crippen molar-refractivity contribution in [2.24, 2.45) is 0 Å². The third kappa shape index (κ3) is 3.92. The molecule has 164 valence electrons. The standard InChI is InChI=1S/C24H18ClN5O3/c1-15-4-3-5-18(14-15)29-23(31)21-22(30(28-27-21)17-8-6-16(25)7-9-17)26-24(29)33-20-12-10-19(32-2)11-13-20/h3-14H,1-2H3. The summed E-state index contributed by atoms with van der Waals surface area (Å²) in [7, 11) is 1.59. The van der Waals surface area contributed by atoms with E-state index in [1.54, 1.807) is 55.6 Å². The number of nitrogens with zero attached hydrogens (tertiary/aromatic N) is 5. The van der Waals surface area contributed by atoms with E-state index in [1.165, 1.54) is 9.25 Å². The van der Waals surface area contributed by atoms with E-state index < -0.39 is 5.56 Å². The van der Waals surface area contributed by atoms with Gasteiger partial charge in [0.25, 0.3) is 5.56 Å². The van der Waals surface area contributed by atoms with Crippen LogP contribution in [-0.2, 0) is 0 Å². The van der Waals surface area contributed by atoms with E-state index in [2.05, 4.69) is 15.3 Å². The highest BCUT2D eigenvalue weighted by molar-refractivity contribution is 6.30. The lowest BCUT2D eigenvalue weighted by atomic mass is 10.2. The molecule has 0 fully saturated rings. The van der Waals surface area contributed by atoms with Crippen molar-refractivity contribution in [1.29, 1.82) is 0 Å². The van der Waals surface area contributed by atoms with Crippen LogP contribution < -0.4 is 15.0 Å². The van der Waals surface area contributed by atoms with E-state index in [0.29, 0.717) is 27.9 Å². The molecule has 0 N–H and O–H groups in total. The quantitative estimate of drug-likeness (QED) is 0.378. The van der Waals surface area contributed by atoms with Crippen LogP contribution in [0.4, 0.5) is 0 Å². The highest BCUT2D eigenvalue weighted by Gasteiger charge is 2.20. The van der Waals surface area contributed by atoms with Crippen LogP contribution in [0.5, 0.6) is 17.5 Å². The van der Waals surface area contributed by atoms with Crippen molar-refractivity contribution in [2.45, 2.75) is 6.92 Å². The molecule has 0 bridgehead atoms. The number of halogens is 1. The molecule has 5 aromatic rings. The number of methoxy groups -OCH3 is 1. The number of hydrogen-bond donors (Lipinski definition) is 0. The largest absolute Gasteiger partial charge is 0.497 e. The van der Waals surface area contributed by atoms with Gasteiger partial charge in [0.05, 0.1) is 18.5 Å². The Hall–Kier alpha value is -4.17. The summed E-state index contributed by atoms with van der Waals surface area (Å²) in [6, 6.07) is 21.6. The fourth-order valence-electron chi connectivity index (χ4n) is 3.42. The Balaban J connectivity index is 1.73. The summed E-state index contributed by atoms with van der Waals surface area (Å²) in [6.45, 7) is 1.95. The first-order chi connectivity index (χ1) is 16.0. The monoisotopic (exact) mass is 459 g/mol. The first kappa shape index (κ1) is 20.7. The molecule has 0 atom stereocenters. The molecule has 8 nitrogen and oxygen atoms in total. The lowest BCUT2D eigenvalue weighted by molar-refractivity contribution is 0.408. The Morgan fingerprint density at radius 1 is 0.909 bits per heavy atom. The number of fused-ring (bicyclic) bond motifs is 1. The van der Waals surface area contributed by atoms with Crippen LogP contribution in [0, 0.1) is 6.92 Å². The molecular weight excluding hydrogens is 442 g/mol. The molecule has 0 saturated carbocycles. The minimum atomic E-state index is -0.394. The Labute approximate surface area is 193 Å². The van der Waals surface area contributed by atoms with E-state index in [1.807, 2.05) is 31.2 Å². The molecule has 5 rings (SSSR count). The van der Waals surface area contributed by atoms with Crippen LogP contribution in [0.3, 0.4) is 0 Å². The van der Waals surface area contributed by atoms with E-state index in [4.69, 9.17) is 21.1 Å². The van der Waals surface area contributed by atoms with Crippen molar-refractivity contribution in [3.05, 3.63) is 93.7 Å². The van der Waals surface area contributed by atoms with Gasteiger partial charge in [0.2, 0.25) is 0 Å². The molecule has 0 saturated heterocycles. The number of hydrogen-bond acceptors (Lipinski definition) is 6. The van der Waals surface area contributed by atoms with Gasteiger partial charge in [-0.2, -0.15) is 9.67 Å². The summed E-state index contributed by atoms with van der Waals surface area (Å²) in [4.78, 5) is 18.2. The molecule has 33 heavy (non-hydrogen) atoms. The molecule has 0 aliphatic heterocycles. The fourth-order valence-corrected chi connectivity index (χ4v) is 3.54. The van der Waals surface area contributed by atoms with Crippen molar-refractivity contribution in [3.63, 3.8) is 0 Å². The fraction of sp³-hybridized carbons (Fsp3) is 0.0833. The zero-order valence-corrected chi connectivity index (χ0v) is 18.5. The second-order valence-electron chi connectivity index (χ2n) is 7.30. The van der Waals surface area contributed by atoms with Crippen LogP contribution in [0.25, 0.3) is 22.5 Å². The van der Waals surface area contributed by atoms with Gasteiger partial charge in [0.1, 0.15) is 11.5 Å². The van der Waals surface area contributed by atoms with E-state index >= 15 is 0 Å². The van der Waals surface area contributed by atoms with Crippen molar-refractivity contribution < 1.29 is 9.47 Å². The van der Waals surface area contributed by atoms with Crippen LogP contribution in [0.1, 0.15) is 5.56 Å². The van der Waals surface area contributed by atoms with Gasteiger partial charge in [-0.25, -0.2) is 4.57 Å². The zero-order valence-electron chi connectivity index (χ0n) is 17.8. The molecular formula is C24H18ClN5O3. The molecule has 3 aromatic carbocycles. The Morgan fingerprint density at radius 3 is 2.33 bits per heavy atom. The zero-order chi connectivity index (χ0) is 22.9. The first-order valence-corrected chi connectivity index (χ1v) is 10.4. The SMILES string of the molecule is COc1ccc(Oc2nc3c(nnn3-c3ccc(Cl)cc3)c(=O)n2-c2cccc(C)c2)cc1. The van der Waals surface area contributed by atoms with Gasteiger partial charge in [-0.1, -0.05) is 28.9 Å². The van der Waals surface area contributed by atoms with Gasteiger partial charge in [-0.05, 0) is 73.2 Å². The normalized spacial score (nSPS) is 11.0. The predicted molar refractivity (Wildman–Crippen MR) is 125 cm³/mol. The summed E-state index contributed by atoms with van der Waals surface area (Å²) in [5, 5.41) is 8.85. The maximum Gasteiger partial charge on any atom is 0.311 e. The average molecular weight is 460 g/mol. The van der Waals surface area contributed by atoms with Gasteiger partial charge in [-0.15, -0.1) is 5.10 Å². The third-order valence-corrected chi connectivity index (χ3v) is 5.30. The Kier molecular flexibility index (Phi) is 5.27. The summed E-state index contributed by atoms with van der Waals surface area (Å²) < 4.78 is 14.2. The smallest absolute Gasteiger partial charge is 0.311 e. The van der Waals surface area contributed by atoms with Gasteiger partial charge in [0.15, 0.2) is 11.2 Å². The summed E-state index contributed by atoms with van der Waals surface area (Å²) in [5.41, 5.74) is 2.26. The van der Waals surface area contributed by atoms with Crippen LogP contribution in [0.2, 0.25) is 5.02 Å². The molecule has 2 aromatic heterocycles. The maximum atomic E-state index is 13.5. The molecule has 0 radical (unpaired) electrons. The summed E-state index contributed by atoms with van der Waals surface area (Å²) in [5.74, 6) is 1.18. The van der Waals surface area contributed by atoms with Crippen LogP contribution >= 0.6 is 11.6 Å². The summed E-state index contributed by atoms with van der Waals surface area (Å²) in [6.07, 6.45) is 0. The summed E-state index contributed by atoms with van der Waals surface area (Å²) >= 11 is 6.01. The topological polar surface area (TPSA) is 84.1 Å². The van der Waals surface area contributed by atoms with E-state index in [-0.39, 0.29) is 17.2 Å². The second-order valence-corrected chi connectivity index (χ2v) is 7.74. The molecule has 0 unspecified atom stereocenters. The van der Waals surface area contributed by atoms with E-state index in [0.717, 1.165) is 5.56 Å². The van der Waals surface area contributed by atoms with Gasteiger partial charge >= 0.3 is 6.01 Å². The number of aryl methyl sites for hydroxylation is 1. The number of benzene rings is 3. The van der Waals surface area contributed by atoms with Crippen LogP contribution in [-0.4, -0.2) is 31.7 Å². The van der Waals surface area contributed by atoms with Gasteiger partial charge in [-0.3, -0.25) is 4.79 Å². The van der Waals surface area contributed by atoms with E-state index in [9.17, 15) is 4.79 Å². The number of rotatable bonds is 5. The number of ether oxygens (including phenoxy) is 2. The maximum absolute atomic E-state index is 13.5. The molecule has 0 aliphatic carbocycles. The average Bonchev–Trinajstić information content (AvgIpc) is 3.24. The third-order valence-electron chi connectivity index (χ3n) is 5.04. The minimum Gasteiger partial charge on any atom is -0.497 e. The van der Waals surface area contributed by atoms with Crippen molar-refractivity contribution >= 4 is 22.8 Å². The lowest BCUT2D eigenvalue weighted by Crippen LogP contribution is -2.22. The first-order valence-electron chi connectivity index (χ1n) is 10.1. The molecule has 0 spiro atoms. The predicted octanol–water partition coefficient (Wildman–Crippen LogP) is 4.73. The van der Waals surface area contributed by atoms with Gasteiger partial charge in [0, 0.05) is 5.02 Å². The minimum absolute atomic E-state index is 0.0841. The number of aromatic nitrogens is 5. The molecule has 0 aliphatic rings. The molecule has 2 heterocycles. The molecule has 0 amide bonds.